The van der Waals surface area contributed by atoms with Crippen LogP contribution in [0.2, 0.25) is 0 Å². The number of benzene rings is 1. The fourth-order valence-electron chi connectivity index (χ4n) is 1.99. The molecule has 0 aliphatic heterocycles. The molecule has 0 bridgehead atoms. The predicted octanol–water partition coefficient (Wildman–Crippen LogP) is 1.38. The summed E-state index contributed by atoms with van der Waals surface area (Å²) in [5.74, 6) is -2.65. The van der Waals surface area contributed by atoms with Crippen LogP contribution >= 0.6 is 0 Å². The molecule has 0 heterocycles. The van der Waals surface area contributed by atoms with E-state index in [0.29, 0.717) is 12.1 Å². The highest BCUT2D eigenvalue weighted by Crippen LogP contribution is 2.32. The van der Waals surface area contributed by atoms with Gasteiger partial charge in [-0.3, -0.25) is 19.7 Å². The SMILES string of the molecule is CC(C)OC(=O)Nc1ccc(C(F)(F)F)cc1C(=O)NCC(=O)NC(C)C(N)=O. The van der Waals surface area contributed by atoms with Gasteiger partial charge in [0.25, 0.3) is 5.91 Å². The molecule has 5 N–H and O–H groups in total. The Bertz CT molecular complexity index is 796. The van der Waals surface area contributed by atoms with Crippen molar-refractivity contribution in [2.24, 2.45) is 5.73 Å². The van der Waals surface area contributed by atoms with E-state index in [9.17, 15) is 32.3 Å². The molecular weight excluding hydrogens is 397 g/mol. The third-order valence-corrected chi connectivity index (χ3v) is 3.38. The lowest BCUT2D eigenvalue weighted by molar-refractivity contribution is -0.137. The molecule has 160 valence electrons. The minimum atomic E-state index is -4.74. The number of nitrogens with one attached hydrogen (secondary N) is 3. The fourth-order valence-corrected chi connectivity index (χ4v) is 1.99. The molecule has 4 amide bonds. The number of hydrogen-bond acceptors (Lipinski definition) is 5. The van der Waals surface area contributed by atoms with E-state index in [2.05, 4.69) is 16.0 Å². The molecule has 1 unspecified atom stereocenters. The van der Waals surface area contributed by atoms with Crippen molar-refractivity contribution in [2.45, 2.75) is 39.1 Å². The van der Waals surface area contributed by atoms with Gasteiger partial charge in [0.05, 0.1) is 29.5 Å². The standard InChI is InChI=1S/C17H21F3N4O5/c1-8(2)29-16(28)24-12-5-4-10(17(18,19)20)6-11(12)15(27)22-7-13(25)23-9(3)14(21)26/h4-6,8-9H,7H2,1-3H3,(H2,21,26)(H,22,27)(H,23,25)(H,24,28). The lowest BCUT2D eigenvalue weighted by atomic mass is 10.1. The first-order valence-electron chi connectivity index (χ1n) is 8.37. The Labute approximate surface area is 164 Å². The molecule has 0 saturated heterocycles. The second-order valence-electron chi connectivity index (χ2n) is 6.21. The number of nitrogens with two attached hydrogens (primary N) is 1. The summed E-state index contributed by atoms with van der Waals surface area (Å²) in [7, 11) is 0. The molecule has 0 spiro atoms. The number of rotatable bonds is 7. The second-order valence-corrected chi connectivity index (χ2v) is 6.21. The van der Waals surface area contributed by atoms with Gasteiger partial charge in [0.2, 0.25) is 11.8 Å². The number of alkyl halides is 3. The van der Waals surface area contributed by atoms with Crippen LogP contribution in [0.1, 0.15) is 36.7 Å². The van der Waals surface area contributed by atoms with Gasteiger partial charge in [0, 0.05) is 0 Å². The van der Waals surface area contributed by atoms with Crippen molar-refractivity contribution in [3.8, 4) is 0 Å². The quantitative estimate of drug-likeness (QED) is 0.530. The van der Waals surface area contributed by atoms with E-state index in [0.717, 1.165) is 6.07 Å². The number of carbonyl (C=O) groups is 4. The first-order valence-corrected chi connectivity index (χ1v) is 8.37. The monoisotopic (exact) mass is 418 g/mol. The Morgan fingerprint density at radius 3 is 2.28 bits per heavy atom. The molecule has 12 heteroatoms. The van der Waals surface area contributed by atoms with Crippen molar-refractivity contribution in [1.82, 2.24) is 10.6 Å². The smallest absolute Gasteiger partial charge is 0.416 e. The minimum absolute atomic E-state index is 0.243. The topological polar surface area (TPSA) is 140 Å². The molecule has 1 rings (SSSR count). The van der Waals surface area contributed by atoms with Gasteiger partial charge in [0.15, 0.2) is 0 Å². The molecule has 0 aliphatic rings. The molecule has 0 fully saturated rings. The molecular formula is C17H21F3N4O5. The van der Waals surface area contributed by atoms with E-state index in [1.807, 2.05) is 0 Å². The van der Waals surface area contributed by atoms with Crippen LogP contribution in [-0.2, 0) is 20.5 Å². The number of carbonyl (C=O) groups excluding carboxylic acids is 4. The molecule has 29 heavy (non-hydrogen) atoms. The van der Waals surface area contributed by atoms with Crippen LogP contribution in [0.3, 0.4) is 0 Å². The average Bonchev–Trinajstić information content (AvgIpc) is 2.58. The molecule has 0 aliphatic carbocycles. The molecule has 0 saturated carbocycles. The zero-order valence-corrected chi connectivity index (χ0v) is 15.8. The number of anilines is 1. The van der Waals surface area contributed by atoms with Gasteiger partial charge in [0.1, 0.15) is 6.04 Å². The second kappa shape index (κ2) is 9.75. The number of hydrogen-bond donors (Lipinski definition) is 4. The maximum Gasteiger partial charge on any atom is 0.416 e. The van der Waals surface area contributed by atoms with Gasteiger partial charge in [-0.15, -0.1) is 0 Å². The number of ether oxygens (including phenoxy) is 1. The third-order valence-electron chi connectivity index (χ3n) is 3.38. The van der Waals surface area contributed by atoms with Gasteiger partial charge < -0.3 is 21.1 Å². The van der Waals surface area contributed by atoms with Crippen molar-refractivity contribution in [2.75, 3.05) is 11.9 Å². The van der Waals surface area contributed by atoms with E-state index < -0.39 is 59.8 Å². The summed E-state index contributed by atoms with van der Waals surface area (Å²) in [6.07, 6.45) is -6.21. The van der Waals surface area contributed by atoms with Crippen LogP contribution in [-0.4, -0.2) is 42.5 Å². The summed E-state index contributed by atoms with van der Waals surface area (Å²) in [5, 5.41) is 6.49. The van der Waals surface area contributed by atoms with Crippen molar-refractivity contribution < 1.29 is 37.1 Å². The summed E-state index contributed by atoms with van der Waals surface area (Å²) < 4.78 is 43.8. The highest BCUT2D eigenvalue weighted by Gasteiger charge is 2.32. The normalized spacial score (nSPS) is 12.1. The highest BCUT2D eigenvalue weighted by atomic mass is 19.4. The van der Waals surface area contributed by atoms with E-state index in [1.54, 1.807) is 13.8 Å². The van der Waals surface area contributed by atoms with Crippen LogP contribution in [0.4, 0.5) is 23.7 Å². The molecule has 1 aromatic carbocycles. The van der Waals surface area contributed by atoms with E-state index in [1.165, 1.54) is 6.92 Å². The number of primary amides is 1. The maximum atomic E-state index is 13.0. The van der Waals surface area contributed by atoms with E-state index >= 15 is 0 Å². The zero-order valence-electron chi connectivity index (χ0n) is 15.8. The van der Waals surface area contributed by atoms with Gasteiger partial charge in [-0.2, -0.15) is 13.2 Å². The first kappa shape index (κ1) is 23.7. The van der Waals surface area contributed by atoms with Crippen molar-refractivity contribution in [1.29, 1.82) is 0 Å². The van der Waals surface area contributed by atoms with Crippen LogP contribution < -0.4 is 21.7 Å². The Hall–Kier alpha value is -3.31. The Balaban J connectivity index is 3.01. The summed E-state index contributed by atoms with van der Waals surface area (Å²) in [6, 6.07) is 1.11. The molecule has 9 nitrogen and oxygen atoms in total. The van der Waals surface area contributed by atoms with Gasteiger partial charge in [-0.1, -0.05) is 0 Å². The summed E-state index contributed by atoms with van der Waals surface area (Å²) in [5.41, 5.74) is 3.09. The maximum absolute atomic E-state index is 13.0. The molecule has 0 aromatic heterocycles. The van der Waals surface area contributed by atoms with E-state index in [-0.39, 0.29) is 5.69 Å². The summed E-state index contributed by atoms with van der Waals surface area (Å²) in [6.45, 7) is 3.80. The average molecular weight is 418 g/mol. The summed E-state index contributed by atoms with van der Waals surface area (Å²) >= 11 is 0. The number of halogens is 3. The van der Waals surface area contributed by atoms with Crippen LogP contribution in [0.25, 0.3) is 0 Å². The van der Waals surface area contributed by atoms with Crippen LogP contribution in [0.15, 0.2) is 18.2 Å². The van der Waals surface area contributed by atoms with Gasteiger partial charge in [-0.05, 0) is 39.0 Å². The fraction of sp³-hybridized carbons (Fsp3) is 0.412. The van der Waals surface area contributed by atoms with E-state index in [4.69, 9.17) is 10.5 Å². The lowest BCUT2D eigenvalue weighted by Gasteiger charge is -2.16. The Morgan fingerprint density at radius 2 is 1.76 bits per heavy atom. The van der Waals surface area contributed by atoms with Crippen LogP contribution in [0.5, 0.6) is 0 Å². The molecule has 1 aromatic rings. The van der Waals surface area contributed by atoms with Crippen molar-refractivity contribution in [3.05, 3.63) is 29.3 Å². The highest BCUT2D eigenvalue weighted by molar-refractivity contribution is 6.04. The van der Waals surface area contributed by atoms with Crippen molar-refractivity contribution >= 4 is 29.5 Å². The molecule has 0 radical (unpaired) electrons. The number of amides is 4. The minimum Gasteiger partial charge on any atom is -0.447 e. The lowest BCUT2D eigenvalue weighted by Crippen LogP contribution is -2.46. The predicted molar refractivity (Wildman–Crippen MR) is 95.8 cm³/mol. The Morgan fingerprint density at radius 1 is 1.14 bits per heavy atom. The van der Waals surface area contributed by atoms with Crippen LogP contribution in [0, 0.1) is 0 Å². The molecule has 1 atom stereocenters. The van der Waals surface area contributed by atoms with Crippen molar-refractivity contribution in [3.63, 3.8) is 0 Å². The van der Waals surface area contributed by atoms with Gasteiger partial charge >= 0.3 is 12.3 Å². The zero-order chi connectivity index (χ0) is 22.4. The first-order chi connectivity index (χ1) is 13.3. The Kier molecular flexibility index (Phi) is 7.98. The summed E-state index contributed by atoms with van der Waals surface area (Å²) in [4.78, 5) is 46.7. The van der Waals surface area contributed by atoms with Gasteiger partial charge in [-0.25, -0.2) is 4.79 Å². The largest absolute Gasteiger partial charge is 0.447 e. The third kappa shape index (κ3) is 7.68.